The van der Waals surface area contributed by atoms with E-state index in [0.29, 0.717) is 23.9 Å². The van der Waals surface area contributed by atoms with E-state index in [1.54, 1.807) is 7.11 Å². The van der Waals surface area contributed by atoms with E-state index in [0.717, 1.165) is 31.2 Å². The van der Waals surface area contributed by atoms with Gasteiger partial charge >= 0.3 is 0 Å². The molecule has 1 aliphatic rings. The lowest BCUT2D eigenvalue weighted by Crippen LogP contribution is -2.10. The molecule has 21 heavy (non-hydrogen) atoms. The molecule has 1 aromatic carbocycles. The van der Waals surface area contributed by atoms with E-state index in [9.17, 15) is 4.79 Å². The van der Waals surface area contributed by atoms with Crippen molar-refractivity contribution < 1.29 is 14.1 Å². The lowest BCUT2D eigenvalue weighted by molar-refractivity contribution is -0.120. The fourth-order valence-electron chi connectivity index (χ4n) is 2.74. The van der Waals surface area contributed by atoms with Gasteiger partial charge in [0.25, 0.3) is 0 Å². The number of carbonyl (C=O) groups excluding carboxylic acids is 1. The fraction of sp³-hybridized carbons (Fsp3) is 0.438. The van der Waals surface area contributed by atoms with E-state index in [2.05, 4.69) is 10.1 Å². The van der Waals surface area contributed by atoms with Gasteiger partial charge in [0.2, 0.25) is 11.7 Å². The molecule has 5 heteroatoms. The van der Waals surface area contributed by atoms with Crippen molar-refractivity contribution in [1.82, 2.24) is 10.1 Å². The highest BCUT2D eigenvalue weighted by molar-refractivity contribution is 5.85. The normalized spacial score (nSPS) is 19.3. The Balaban J connectivity index is 1.90. The summed E-state index contributed by atoms with van der Waals surface area (Å²) in [5.74, 6) is 1.56. The number of ketones is 1. The summed E-state index contributed by atoms with van der Waals surface area (Å²) in [6.07, 6.45) is 4.49. The lowest BCUT2D eigenvalue weighted by atomic mass is 9.99. The second-order valence-electron chi connectivity index (χ2n) is 5.27. The van der Waals surface area contributed by atoms with E-state index in [1.807, 2.05) is 24.3 Å². The van der Waals surface area contributed by atoms with E-state index in [1.165, 1.54) is 0 Å². The van der Waals surface area contributed by atoms with E-state index in [4.69, 9.17) is 9.26 Å². The molecule has 0 amide bonds. The molecule has 1 aromatic heterocycles. The van der Waals surface area contributed by atoms with Gasteiger partial charge in [-0.05, 0) is 25.0 Å². The maximum atomic E-state index is 12.1. The Morgan fingerprint density at radius 1 is 1.24 bits per heavy atom. The zero-order valence-corrected chi connectivity index (χ0v) is 12.0. The molecular weight excluding hydrogens is 268 g/mol. The van der Waals surface area contributed by atoms with Crippen LogP contribution < -0.4 is 4.74 Å². The van der Waals surface area contributed by atoms with E-state index < -0.39 is 0 Å². The topological polar surface area (TPSA) is 65.2 Å². The first-order valence-corrected chi connectivity index (χ1v) is 7.29. The van der Waals surface area contributed by atoms with Crippen molar-refractivity contribution in [2.75, 3.05) is 7.11 Å². The molecule has 0 bridgehead atoms. The first-order chi connectivity index (χ1) is 10.3. The van der Waals surface area contributed by atoms with Crippen LogP contribution in [0.3, 0.4) is 0 Å². The SMILES string of the molecule is COc1ccccc1-c1noc(C2CCCCCC2=O)n1. The molecule has 0 saturated heterocycles. The Labute approximate surface area is 123 Å². The van der Waals surface area contributed by atoms with Crippen LogP contribution in [0.2, 0.25) is 0 Å². The summed E-state index contributed by atoms with van der Waals surface area (Å²) in [6.45, 7) is 0. The number of nitrogens with zero attached hydrogens (tertiary/aromatic N) is 2. The van der Waals surface area contributed by atoms with Gasteiger partial charge in [-0.3, -0.25) is 4.79 Å². The minimum Gasteiger partial charge on any atom is -0.496 e. The third-order valence-electron chi connectivity index (χ3n) is 3.89. The zero-order valence-electron chi connectivity index (χ0n) is 12.0. The predicted octanol–water partition coefficient (Wildman–Crippen LogP) is 3.36. The first kappa shape index (κ1) is 13.8. The maximum Gasteiger partial charge on any atom is 0.237 e. The molecule has 0 spiro atoms. The smallest absolute Gasteiger partial charge is 0.237 e. The molecule has 1 atom stereocenters. The molecule has 1 saturated carbocycles. The number of Topliss-reactive ketones (excluding diaryl/α,β-unsaturated/α-hetero) is 1. The van der Waals surface area contributed by atoms with Crippen molar-refractivity contribution in [3.8, 4) is 17.1 Å². The molecule has 0 aliphatic heterocycles. The number of hydrogen-bond donors (Lipinski definition) is 0. The zero-order chi connectivity index (χ0) is 14.7. The second kappa shape index (κ2) is 6.08. The van der Waals surface area contributed by atoms with Crippen LogP contribution in [0.1, 0.15) is 43.9 Å². The third-order valence-corrected chi connectivity index (χ3v) is 3.89. The molecule has 5 nitrogen and oxygen atoms in total. The van der Waals surface area contributed by atoms with Gasteiger partial charge < -0.3 is 9.26 Å². The van der Waals surface area contributed by atoms with Crippen molar-refractivity contribution >= 4 is 5.78 Å². The van der Waals surface area contributed by atoms with Gasteiger partial charge in [-0.2, -0.15) is 4.98 Å². The number of methoxy groups -OCH3 is 1. The highest BCUT2D eigenvalue weighted by atomic mass is 16.5. The standard InChI is InChI=1S/C16H18N2O3/c1-20-14-10-6-5-8-12(14)15-17-16(21-18-15)11-7-3-2-4-9-13(11)19/h5-6,8,10-11H,2-4,7,9H2,1H3. The van der Waals surface area contributed by atoms with Gasteiger partial charge in [0.15, 0.2) is 0 Å². The summed E-state index contributed by atoms with van der Waals surface area (Å²) in [7, 11) is 1.61. The fourth-order valence-corrected chi connectivity index (χ4v) is 2.74. The third kappa shape index (κ3) is 2.82. The average molecular weight is 286 g/mol. The molecule has 1 fully saturated rings. The molecule has 110 valence electrons. The van der Waals surface area contributed by atoms with Gasteiger partial charge in [0.1, 0.15) is 11.5 Å². The highest BCUT2D eigenvalue weighted by Crippen LogP contribution is 2.31. The summed E-state index contributed by atoms with van der Waals surface area (Å²) in [4.78, 5) is 16.6. The molecule has 1 aliphatic carbocycles. The Kier molecular flexibility index (Phi) is 3.99. The van der Waals surface area contributed by atoms with Gasteiger partial charge in [0, 0.05) is 6.42 Å². The monoisotopic (exact) mass is 286 g/mol. The summed E-state index contributed by atoms with van der Waals surface area (Å²) in [5.41, 5.74) is 0.774. The van der Waals surface area contributed by atoms with Crippen LogP contribution in [0.15, 0.2) is 28.8 Å². The van der Waals surface area contributed by atoms with E-state index >= 15 is 0 Å². The van der Waals surface area contributed by atoms with Crippen molar-refractivity contribution in [1.29, 1.82) is 0 Å². The van der Waals surface area contributed by atoms with Crippen LogP contribution in [0.25, 0.3) is 11.4 Å². The van der Waals surface area contributed by atoms with Crippen molar-refractivity contribution in [2.24, 2.45) is 0 Å². The molecular formula is C16H18N2O3. The number of carbonyl (C=O) groups is 1. The van der Waals surface area contributed by atoms with Crippen LogP contribution in [-0.4, -0.2) is 23.0 Å². The molecule has 0 radical (unpaired) electrons. The maximum absolute atomic E-state index is 12.1. The summed E-state index contributed by atoms with van der Waals surface area (Å²) in [5, 5.41) is 4.02. The van der Waals surface area contributed by atoms with Crippen LogP contribution in [-0.2, 0) is 4.79 Å². The number of aromatic nitrogens is 2. The van der Waals surface area contributed by atoms with Gasteiger partial charge in [-0.25, -0.2) is 0 Å². The minimum atomic E-state index is -0.247. The average Bonchev–Trinajstić information content (AvgIpc) is 2.90. The largest absolute Gasteiger partial charge is 0.496 e. The Bertz CT molecular complexity index is 636. The highest BCUT2D eigenvalue weighted by Gasteiger charge is 2.28. The number of ether oxygens (including phenoxy) is 1. The van der Waals surface area contributed by atoms with Crippen molar-refractivity contribution in [2.45, 2.75) is 38.0 Å². The Morgan fingerprint density at radius 2 is 2.10 bits per heavy atom. The number of rotatable bonds is 3. The van der Waals surface area contributed by atoms with Crippen LogP contribution in [0.4, 0.5) is 0 Å². The van der Waals surface area contributed by atoms with Crippen molar-refractivity contribution in [3.63, 3.8) is 0 Å². The Morgan fingerprint density at radius 3 is 2.95 bits per heavy atom. The lowest BCUT2D eigenvalue weighted by Gasteiger charge is -2.06. The minimum absolute atomic E-state index is 0.211. The van der Waals surface area contributed by atoms with Crippen LogP contribution in [0.5, 0.6) is 5.75 Å². The Hall–Kier alpha value is -2.17. The summed E-state index contributed by atoms with van der Waals surface area (Å²) < 4.78 is 10.7. The molecule has 1 unspecified atom stereocenters. The molecule has 2 aromatic rings. The van der Waals surface area contributed by atoms with Crippen molar-refractivity contribution in [3.05, 3.63) is 30.2 Å². The first-order valence-electron chi connectivity index (χ1n) is 7.29. The summed E-state index contributed by atoms with van der Waals surface area (Å²) in [6, 6.07) is 7.51. The molecule has 3 rings (SSSR count). The van der Waals surface area contributed by atoms with Crippen LogP contribution >= 0.6 is 0 Å². The second-order valence-corrected chi connectivity index (χ2v) is 5.27. The molecule has 0 N–H and O–H groups in total. The van der Waals surface area contributed by atoms with E-state index in [-0.39, 0.29) is 11.7 Å². The predicted molar refractivity (Wildman–Crippen MR) is 77.1 cm³/mol. The van der Waals surface area contributed by atoms with Gasteiger partial charge in [0.05, 0.1) is 18.6 Å². The number of hydrogen-bond acceptors (Lipinski definition) is 5. The van der Waals surface area contributed by atoms with Crippen LogP contribution in [0, 0.1) is 0 Å². The van der Waals surface area contributed by atoms with Gasteiger partial charge in [-0.15, -0.1) is 0 Å². The van der Waals surface area contributed by atoms with Gasteiger partial charge in [-0.1, -0.05) is 30.1 Å². The number of para-hydroxylation sites is 1. The number of benzene rings is 1. The summed E-state index contributed by atoms with van der Waals surface area (Å²) >= 11 is 0. The molecule has 1 heterocycles. The quantitative estimate of drug-likeness (QED) is 0.809.